The van der Waals surface area contributed by atoms with Crippen LogP contribution in [0, 0.1) is 23.6 Å². The van der Waals surface area contributed by atoms with Crippen LogP contribution in [0.1, 0.15) is 50.0 Å². The smallest absolute Gasteiger partial charge is 0.403 e. The van der Waals surface area contributed by atoms with E-state index in [0.717, 1.165) is 56.4 Å². The first-order valence-corrected chi connectivity index (χ1v) is 8.36. The Bertz CT molecular complexity index is 599. The molecular formula is C18H20F4O2. The Kier molecular flexibility index (Phi) is 4.83. The number of rotatable bonds is 3. The highest BCUT2D eigenvalue weighted by Crippen LogP contribution is 2.47. The van der Waals surface area contributed by atoms with Gasteiger partial charge in [-0.3, -0.25) is 0 Å². The van der Waals surface area contributed by atoms with E-state index in [1.54, 1.807) is 0 Å². The van der Waals surface area contributed by atoms with Gasteiger partial charge in [0.05, 0.1) is 0 Å². The second-order valence-corrected chi connectivity index (χ2v) is 6.98. The number of fused-ring (bicyclic) bond motifs is 1. The molecule has 2 nitrogen and oxygen atoms in total. The summed E-state index contributed by atoms with van der Waals surface area (Å²) in [5, 5.41) is 0. The van der Waals surface area contributed by atoms with Gasteiger partial charge in [-0.05, 0) is 74.0 Å². The molecule has 6 heteroatoms. The van der Waals surface area contributed by atoms with Gasteiger partial charge in [-0.2, -0.15) is 0 Å². The molecule has 4 unspecified atom stereocenters. The Morgan fingerprint density at radius 3 is 2.42 bits per heavy atom. The van der Waals surface area contributed by atoms with Crippen molar-refractivity contribution in [1.29, 1.82) is 0 Å². The Labute approximate surface area is 138 Å². The van der Waals surface area contributed by atoms with Crippen molar-refractivity contribution in [3.05, 3.63) is 29.6 Å². The summed E-state index contributed by atoms with van der Waals surface area (Å²) in [6.07, 6.45) is 1.79. The molecule has 0 spiro atoms. The van der Waals surface area contributed by atoms with Crippen LogP contribution in [0.5, 0.6) is 5.75 Å². The lowest BCUT2D eigenvalue weighted by atomic mass is 9.64. The van der Waals surface area contributed by atoms with Crippen molar-refractivity contribution in [3.8, 4) is 5.75 Å². The Morgan fingerprint density at radius 1 is 1.04 bits per heavy atom. The molecular weight excluding hydrogens is 324 g/mol. The van der Waals surface area contributed by atoms with Crippen LogP contribution < -0.4 is 4.74 Å². The van der Waals surface area contributed by atoms with Gasteiger partial charge in [0.25, 0.3) is 0 Å². The maximum absolute atomic E-state index is 13.9. The largest absolute Gasteiger partial charge is 0.573 e. The third kappa shape index (κ3) is 3.90. The molecule has 2 aliphatic carbocycles. The molecule has 2 saturated carbocycles. The summed E-state index contributed by atoms with van der Waals surface area (Å²) in [5.41, 5.74) is 0.734. The topological polar surface area (TPSA) is 26.3 Å². The van der Waals surface area contributed by atoms with Gasteiger partial charge in [-0.25, -0.2) is 4.39 Å². The molecule has 0 heterocycles. The van der Waals surface area contributed by atoms with Crippen LogP contribution in [-0.4, -0.2) is 12.6 Å². The summed E-state index contributed by atoms with van der Waals surface area (Å²) in [4.78, 5) is 11.0. The van der Waals surface area contributed by atoms with Crippen LogP contribution >= 0.6 is 0 Å². The number of hydrogen-bond donors (Lipinski definition) is 0. The van der Waals surface area contributed by atoms with E-state index in [1.165, 1.54) is 12.1 Å². The fourth-order valence-corrected chi connectivity index (χ4v) is 4.33. The SMILES string of the molecule is O=CC1CCC2CC(c3ccc(OC(F)(F)F)c(F)c3)CCC2C1. The minimum atomic E-state index is -4.89. The van der Waals surface area contributed by atoms with Gasteiger partial charge >= 0.3 is 6.36 Å². The van der Waals surface area contributed by atoms with Crippen LogP contribution in [-0.2, 0) is 4.79 Å². The summed E-state index contributed by atoms with van der Waals surface area (Å²) in [7, 11) is 0. The highest BCUT2D eigenvalue weighted by Gasteiger charge is 2.36. The van der Waals surface area contributed by atoms with Gasteiger partial charge in [0, 0.05) is 5.92 Å². The van der Waals surface area contributed by atoms with Gasteiger partial charge in [0.1, 0.15) is 6.29 Å². The molecule has 24 heavy (non-hydrogen) atoms. The Morgan fingerprint density at radius 2 is 1.75 bits per heavy atom. The molecule has 0 amide bonds. The van der Waals surface area contributed by atoms with Crippen molar-refractivity contribution in [1.82, 2.24) is 0 Å². The number of aldehydes is 1. The zero-order chi connectivity index (χ0) is 17.3. The third-order valence-electron chi connectivity index (χ3n) is 5.50. The molecule has 2 fully saturated rings. The van der Waals surface area contributed by atoms with Crippen molar-refractivity contribution in [2.45, 2.75) is 50.8 Å². The van der Waals surface area contributed by atoms with Crippen LogP contribution in [0.4, 0.5) is 17.6 Å². The predicted octanol–water partition coefficient (Wildman–Crippen LogP) is 5.22. The second kappa shape index (κ2) is 6.73. The maximum Gasteiger partial charge on any atom is 0.573 e. The number of alkyl halides is 3. The van der Waals surface area contributed by atoms with E-state index in [-0.39, 0.29) is 11.8 Å². The van der Waals surface area contributed by atoms with Crippen LogP contribution in [0.2, 0.25) is 0 Å². The molecule has 132 valence electrons. The van der Waals surface area contributed by atoms with E-state index in [1.807, 2.05) is 0 Å². The quantitative estimate of drug-likeness (QED) is 0.555. The highest BCUT2D eigenvalue weighted by atomic mass is 19.4. The van der Waals surface area contributed by atoms with E-state index in [2.05, 4.69) is 4.74 Å². The van der Waals surface area contributed by atoms with Gasteiger partial charge in [-0.15, -0.1) is 13.2 Å². The molecule has 1 aromatic carbocycles. The maximum atomic E-state index is 13.9. The third-order valence-corrected chi connectivity index (χ3v) is 5.50. The lowest BCUT2D eigenvalue weighted by Gasteiger charge is -2.41. The number of hydrogen-bond acceptors (Lipinski definition) is 2. The zero-order valence-electron chi connectivity index (χ0n) is 13.2. The van der Waals surface area contributed by atoms with Crippen molar-refractivity contribution in [2.24, 2.45) is 17.8 Å². The van der Waals surface area contributed by atoms with Gasteiger partial charge in [0.2, 0.25) is 0 Å². The molecule has 0 saturated heterocycles. The molecule has 0 radical (unpaired) electrons. The van der Waals surface area contributed by atoms with Crippen LogP contribution in [0.3, 0.4) is 0 Å². The van der Waals surface area contributed by atoms with Crippen LogP contribution in [0.15, 0.2) is 18.2 Å². The van der Waals surface area contributed by atoms with Crippen molar-refractivity contribution in [2.75, 3.05) is 0 Å². The predicted molar refractivity (Wildman–Crippen MR) is 80.1 cm³/mol. The van der Waals surface area contributed by atoms with Crippen molar-refractivity contribution in [3.63, 3.8) is 0 Å². The average molecular weight is 344 g/mol. The highest BCUT2D eigenvalue weighted by molar-refractivity contribution is 5.53. The summed E-state index contributed by atoms with van der Waals surface area (Å²) in [6.45, 7) is 0. The molecule has 4 atom stereocenters. The van der Waals surface area contributed by atoms with E-state index in [0.29, 0.717) is 11.8 Å². The second-order valence-electron chi connectivity index (χ2n) is 6.98. The molecule has 0 N–H and O–H groups in total. The monoisotopic (exact) mass is 344 g/mol. The van der Waals surface area contributed by atoms with E-state index in [9.17, 15) is 22.4 Å². The summed E-state index contributed by atoms with van der Waals surface area (Å²) in [6, 6.07) is 3.77. The summed E-state index contributed by atoms with van der Waals surface area (Å²) < 4.78 is 54.2. The number of carbonyl (C=O) groups is 1. The normalized spacial score (nSPS) is 30.5. The van der Waals surface area contributed by atoms with E-state index >= 15 is 0 Å². The zero-order valence-corrected chi connectivity index (χ0v) is 13.2. The fourth-order valence-electron chi connectivity index (χ4n) is 4.33. The Hall–Kier alpha value is -1.59. The first-order valence-electron chi connectivity index (χ1n) is 8.36. The summed E-state index contributed by atoms with van der Waals surface area (Å²) >= 11 is 0. The first-order chi connectivity index (χ1) is 11.4. The van der Waals surface area contributed by atoms with E-state index < -0.39 is 17.9 Å². The lowest BCUT2D eigenvalue weighted by Crippen LogP contribution is -2.31. The Balaban J connectivity index is 1.68. The van der Waals surface area contributed by atoms with Crippen molar-refractivity contribution < 1.29 is 27.1 Å². The standard InChI is InChI=1S/C18H20F4O2/c19-16-9-15(5-6-17(16)24-18(20,21)22)14-4-3-12-7-11(10-23)1-2-13(12)8-14/h5-6,9-14H,1-4,7-8H2. The number of ether oxygens (including phenoxy) is 1. The van der Waals surface area contributed by atoms with E-state index in [4.69, 9.17) is 0 Å². The lowest BCUT2D eigenvalue weighted by molar-refractivity contribution is -0.275. The molecule has 1 aromatic rings. The number of carbonyl (C=O) groups excluding carboxylic acids is 1. The number of benzene rings is 1. The fraction of sp³-hybridized carbons (Fsp3) is 0.611. The van der Waals surface area contributed by atoms with Crippen molar-refractivity contribution >= 4 is 6.29 Å². The molecule has 0 aromatic heterocycles. The molecule has 0 bridgehead atoms. The van der Waals surface area contributed by atoms with Gasteiger partial charge < -0.3 is 9.53 Å². The minimum Gasteiger partial charge on any atom is -0.403 e. The van der Waals surface area contributed by atoms with Crippen LogP contribution in [0.25, 0.3) is 0 Å². The molecule has 2 aliphatic rings. The van der Waals surface area contributed by atoms with Gasteiger partial charge in [-0.1, -0.05) is 6.07 Å². The number of halogens is 4. The molecule has 3 rings (SSSR count). The minimum absolute atomic E-state index is 0.161. The van der Waals surface area contributed by atoms with Gasteiger partial charge in [0.15, 0.2) is 11.6 Å². The summed E-state index contributed by atoms with van der Waals surface area (Å²) in [5.74, 6) is -0.368. The average Bonchev–Trinajstić information content (AvgIpc) is 2.54. The molecule has 0 aliphatic heterocycles. The first kappa shape index (κ1) is 17.2.